The van der Waals surface area contributed by atoms with Crippen molar-refractivity contribution in [2.45, 2.75) is 58.8 Å². The lowest BCUT2D eigenvalue weighted by Crippen LogP contribution is -2.53. The Morgan fingerprint density at radius 2 is 1.64 bits per heavy atom. The van der Waals surface area contributed by atoms with Crippen LogP contribution in [0.25, 0.3) is 11.3 Å². The number of hydrogen-bond donors (Lipinski definition) is 1. The highest BCUT2D eigenvalue weighted by Crippen LogP contribution is 2.39. The molecular weight excluding hydrogens is 472 g/mol. The van der Waals surface area contributed by atoms with Gasteiger partial charge in [-0.3, -0.25) is 4.79 Å². The molecule has 194 valence electrons. The lowest BCUT2D eigenvalue weighted by atomic mass is 9.98. The van der Waals surface area contributed by atoms with Crippen LogP contribution in [0.3, 0.4) is 0 Å². The largest absolute Gasteiger partial charge is 0.416 e. The van der Waals surface area contributed by atoms with Crippen LogP contribution in [0.1, 0.15) is 56.3 Å². The fourth-order valence-corrected chi connectivity index (χ4v) is 4.45. The molecule has 1 aromatic heterocycles. The summed E-state index contributed by atoms with van der Waals surface area (Å²) in [6, 6.07) is 11.5. The average molecular weight is 505 g/mol. The SMILES string of the molecule is CC(C)c1c(-c2ccc(C(F)(F)F)cc2)nc2n1CCN(C(=O)CN)C2(C)C.Cc1ccc(F)cc1. The number of nitrogens with zero attached hydrogens (tertiary/aromatic N) is 3. The second-order valence-corrected chi connectivity index (χ2v) is 9.65. The Morgan fingerprint density at radius 1 is 1.06 bits per heavy atom. The number of carbonyl (C=O) groups is 1. The van der Waals surface area contributed by atoms with E-state index < -0.39 is 17.3 Å². The van der Waals surface area contributed by atoms with Gasteiger partial charge in [-0.2, -0.15) is 13.2 Å². The number of imidazole rings is 1. The minimum Gasteiger partial charge on any atom is -0.327 e. The lowest BCUT2D eigenvalue weighted by molar-refractivity contribution is -0.138. The summed E-state index contributed by atoms with van der Waals surface area (Å²) in [5, 5.41) is 0. The minimum absolute atomic E-state index is 0.0765. The second-order valence-electron chi connectivity index (χ2n) is 9.65. The summed E-state index contributed by atoms with van der Waals surface area (Å²) in [4.78, 5) is 18.8. The first-order valence-corrected chi connectivity index (χ1v) is 11.8. The van der Waals surface area contributed by atoms with Crippen molar-refractivity contribution in [1.82, 2.24) is 14.5 Å². The number of aryl methyl sites for hydroxylation is 1. The molecule has 0 saturated heterocycles. The highest BCUT2D eigenvalue weighted by molar-refractivity contribution is 5.79. The van der Waals surface area contributed by atoms with E-state index >= 15 is 0 Å². The van der Waals surface area contributed by atoms with E-state index in [1.165, 1.54) is 24.3 Å². The third-order valence-electron chi connectivity index (χ3n) is 6.30. The monoisotopic (exact) mass is 504 g/mol. The van der Waals surface area contributed by atoms with Gasteiger partial charge < -0.3 is 15.2 Å². The van der Waals surface area contributed by atoms with Crippen molar-refractivity contribution < 1.29 is 22.4 Å². The van der Waals surface area contributed by atoms with E-state index in [0.717, 1.165) is 29.2 Å². The van der Waals surface area contributed by atoms with E-state index in [9.17, 15) is 22.4 Å². The summed E-state index contributed by atoms with van der Waals surface area (Å²) in [6.45, 7) is 10.8. The molecule has 0 unspecified atom stereocenters. The van der Waals surface area contributed by atoms with Crippen LogP contribution in [-0.2, 0) is 23.1 Å². The van der Waals surface area contributed by atoms with Gasteiger partial charge in [0.15, 0.2) is 0 Å². The number of alkyl halides is 3. The summed E-state index contributed by atoms with van der Waals surface area (Å²) in [7, 11) is 0. The quantitative estimate of drug-likeness (QED) is 0.455. The molecule has 4 rings (SSSR count). The number of fused-ring (bicyclic) bond motifs is 1. The van der Waals surface area contributed by atoms with Crippen molar-refractivity contribution in [3.05, 3.63) is 77.0 Å². The van der Waals surface area contributed by atoms with Gasteiger partial charge in [0.05, 0.1) is 23.3 Å². The molecular formula is C27H32F4N4O. The third-order valence-corrected chi connectivity index (χ3v) is 6.30. The summed E-state index contributed by atoms with van der Waals surface area (Å²) >= 11 is 0. The van der Waals surface area contributed by atoms with Crippen molar-refractivity contribution >= 4 is 5.91 Å². The number of amides is 1. The van der Waals surface area contributed by atoms with Gasteiger partial charge in [0.2, 0.25) is 5.91 Å². The van der Waals surface area contributed by atoms with Crippen LogP contribution in [0.15, 0.2) is 48.5 Å². The molecule has 36 heavy (non-hydrogen) atoms. The molecule has 0 atom stereocenters. The molecule has 0 radical (unpaired) electrons. The molecule has 2 aromatic carbocycles. The molecule has 5 nitrogen and oxygen atoms in total. The van der Waals surface area contributed by atoms with Gasteiger partial charge in [-0.25, -0.2) is 9.37 Å². The molecule has 0 aliphatic carbocycles. The van der Waals surface area contributed by atoms with Gasteiger partial charge in [0, 0.05) is 24.3 Å². The molecule has 0 bridgehead atoms. The normalized spacial score (nSPS) is 14.8. The molecule has 0 saturated carbocycles. The smallest absolute Gasteiger partial charge is 0.327 e. The van der Waals surface area contributed by atoms with Crippen LogP contribution in [-0.4, -0.2) is 33.4 Å². The van der Waals surface area contributed by atoms with Crippen LogP contribution < -0.4 is 5.73 Å². The molecule has 0 fully saturated rings. The van der Waals surface area contributed by atoms with Gasteiger partial charge in [-0.05, 0) is 51.0 Å². The molecule has 0 spiro atoms. The Labute approximate surface area is 208 Å². The maximum Gasteiger partial charge on any atom is 0.416 e. The Morgan fingerprint density at radius 3 is 2.11 bits per heavy atom. The minimum atomic E-state index is -4.38. The first-order chi connectivity index (χ1) is 16.8. The second kappa shape index (κ2) is 10.4. The van der Waals surface area contributed by atoms with E-state index in [0.29, 0.717) is 24.3 Å². The summed E-state index contributed by atoms with van der Waals surface area (Å²) < 4.78 is 52.9. The van der Waals surface area contributed by atoms with Crippen molar-refractivity contribution in [3.8, 4) is 11.3 Å². The van der Waals surface area contributed by atoms with Gasteiger partial charge in [0.25, 0.3) is 0 Å². The molecule has 3 aromatic rings. The molecule has 1 aliphatic heterocycles. The van der Waals surface area contributed by atoms with Gasteiger partial charge >= 0.3 is 6.18 Å². The maximum atomic E-state index is 12.9. The zero-order chi connectivity index (χ0) is 26.8. The van der Waals surface area contributed by atoms with Crippen LogP contribution in [0.2, 0.25) is 0 Å². The molecule has 1 amide bonds. The summed E-state index contributed by atoms with van der Waals surface area (Å²) in [5.74, 6) is 0.516. The first kappa shape index (κ1) is 27.4. The van der Waals surface area contributed by atoms with E-state index in [-0.39, 0.29) is 24.2 Å². The van der Waals surface area contributed by atoms with Crippen molar-refractivity contribution in [1.29, 1.82) is 0 Å². The maximum absolute atomic E-state index is 12.9. The van der Waals surface area contributed by atoms with E-state index in [2.05, 4.69) is 4.57 Å². The van der Waals surface area contributed by atoms with Crippen molar-refractivity contribution in [3.63, 3.8) is 0 Å². The number of carbonyl (C=O) groups excluding carboxylic acids is 1. The molecule has 2 heterocycles. The number of benzene rings is 2. The third kappa shape index (κ3) is 5.61. The zero-order valence-electron chi connectivity index (χ0n) is 21.2. The van der Waals surface area contributed by atoms with Crippen LogP contribution in [0.4, 0.5) is 17.6 Å². The van der Waals surface area contributed by atoms with Crippen LogP contribution >= 0.6 is 0 Å². The predicted octanol–water partition coefficient (Wildman–Crippen LogP) is 5.86. The van der Waals surface area contributed by atoms with Crippen LogP contribution in [0, 0.1) is 12.7 Å². The van der Waals surface area contributed by atoms with Crippen LogP contribution in [0.5, 0.6) is 0 Å². The van der Waals surface area contributed by atoms with E-state index in [1.54, 1.807) is 17.0 Å². The van der Waals surface area contributed by atoms with Crippen molar-refractivity contribution in [2.75, 3.05) is 13.1 Å². The standard InChI is InChI=1S/C20H25F3N4O.C7H7F/c1-12(2)17-16(13-5-7-14(8-6-13)20(21,22)23)25-18-19(3,4)27(15(28)11-24)10-9-26(17)18;1-6-2-4-7(8)5-3-6/h5-8,12H,9-11,24H2,1-4H3;2-5H,1H3. The number of rotatable bonds is 3. The summed E-state index contributed by atoms with van der Waals surface area (Å²) in [5.41, 5.74) is 7.55. The Balaban J connectivity index is 0.000000383. The molecule has 9 heteroatoms. The fraction of sp³-hybridized carbons (Fsp3) is 0.407. The Kier molecular flexibility index (Phi) is 7.93. The van der Waals surface area contributed by atoms with E-state index in [4.69, 9.17) is 10.7 Å². The molecule has 2 N–H and O–H groups in total. The highest BCUT2D eigenvalue weighted by Gasteiger charge is 2.41. The number of halogens is 4. The predicted molar refractivity (Wildman–Crippen MR) is 132 cm³/mol. The average Bonchev–Trinajstić information content (AvgIpc) is 3.22. The fourth-order valence-electron chi connectivity index (χ4n) is 4.45. The number of aromatic nitrogens is 2. The molecule has 1 aliphatic rings. The van der Waals surface area contributed by atoms with Gasteiger partial charge in [0.1, 0.15) is 11.6 Å². The zero-order valence-corrected chi connectivity index (χ0v) is 21.2. The van der Waals surface area contributed by atoms with Gasteiger partial charge in [-0.15, -0.1) is 0 Å². The number of hydrogen-bond acceptors (Lipinski definition) is 3. The number of nitrogens with two attached hydrogens (primary N) is 1. The highest BCUT2D eigenvalue weighted by atomic mass is 19.4. The lowest BCUT2D eigenvalue weighted by Gasteiger charge is -2.42. The Hall–Kier alpha value is -3.20. The topological polar surface area (TPSA) is 64.2 Å². The first-order valence-electron chi connectivity index (χ1n) is 11.8. The van der Waals surface area contributed by atoms with Crippen molar-refractivity contribution in [2.24, 2.45) is 5.73 Å². The van der Waals surface area contributed by atoms with Gasteiger partial charge in [-0.1, -0.05) is 43.7 Å². The van der Waals surface area contributed by atoms with E-state index in [1.807, 2.05) is 34.6 Å². The summed E-state index contributed by atoms with van der Waals surface area (Å²) in [6.07, 6.45) is -4.38. The Bertz CT molecular complexity index is 1180.